The maximum atomic E-state index is 11.5. The topological polar surface area (TPSA) is 26.3 Å². The maximum absolute atomic E-state index is 11.5. The number of carbonyl (C=O) groups is 1. The first-order valence-corrected chi connectivity index (χ1v) is 6.53. The van der Waals surface area contributed by atoms with E-state index in [2.05, 4.69) is 31.9 Å². The second-order valence-corrected chi connectivity index (χ2v) is 6.12. The Hall–Kier alpha value is -0.350. The number of hydrogen-bond donors (Lipinski definition) is 0. The molecule has 0 heterocycles. The van der Waals surface area contributed by atoms with E-state index in [4.69, 9.17) is 4.74 Å². The zero-order valence-corrected chi connectivity index (χ0v) is 11.5. The van der Waals surface area contributed by atoms with Gasteiger partial charge in [-0.1, -0.05) is 50.9 Å². The third-order valence-electron chi connectivity index (χ3n) is 1.81. The van der Waals surface area contributed by atoms with Crippen molar-refractivity contribution in [3.63, 3.8) is 0 Å². The van der Waals surface area contributed by atoms with Crippen molar-refractivity contribution in [2.45, 2.75) is 17.1 Å². The largest absolute Gasteiger partial charge is 0.462 e. The van der Waals surface area contributed by atoms with Gasteiger partial charge >= 0.3 is 5.97 Å². The van der Waals surface area contributed by atoms with Crippen molar-refractivity contribution in [2.24, 2.45) is 0 Å². The summed E-state index contributed by atoms with van der Waals surface area (Å²) in [6.45, 7) is 2.44. The number of carbonyl (C=O) groups excluding carboxylic acids is 1. The Balaban J connectivity index is 2.76. The Bertz CT molecular complexity index is 337. The molecule has 0 aliphatic rings. The molecule has 82 valence electrons. The molecule has 0 saturated heterocycles. The highest BCUT2D eigenvalue weighted by Crippen LogP contribution is 2.29. The smallest absolute Gasteiger partial charge is 0.338 e. The highest BCUT2D eigenvalue weighted by Gasteiger charge is 2.09. The van der Waals surface area contributed by atoms with E-state index in [0.717, 1.165) is 12.0 Å². The zero-order valence-electron chi connectivity index (χ0n) is 8.37. The van der Waals surface area contributed by atoms with Gasteiger partial charge in [0.2, 0.25) is 0 Å². The predicted molar refractivity (Wildman–Crippen MR) is 67.6 cm³/mol. The molecule has 0 atom stereocenters. The number of halogens is 2. The lowest BCUT2D eigenvalue weighted by molar-refractivity contribution is 0.0505. The summed E-state index contributed by atoms with van der Waals surface area (Å²) in [6.07, 6.45) is 0.838. The van der Waals surface area contributed by atoms with Gasteiger partial charge in [-0.2, -0.15) is 0 Å². The Morgan fingerprint density at radius 3 is 2.80 bits per heavy atom. The van der Waals surface area contributed by atoms with E-state index in [1.54, 1.807) is 6.07 Å². The molecule has 15 heavy (non-hydrogen) atoms. The number of alkyl halides is 2. The average molecular weight is 336 g/mol. The number of rotatable bonds is 4. The highest BCUT2D eigenvalue weighted by molar-refractivity contribution is 9.24. The van der Waals surface area contributed by atoms with E-state index in [1.165, 1.54) is 0 Å². The van der Waals surface area contributed by atoms with Crippen molar-refractivity contribution in [3.05, 3.63) is 35.4 Å². The van der Waals surface area contributed by atoms with Crippen LogP contribution < -0.4 is 0 Å². The SMILES string of the molecule is CCCOC(=O)c1cccc(C(Br)Br)c1. The van der Waals surface area contributed by atoms with Crippen molar-refractivity contribution >= 4 is 37.8 Å². The first-order valence-electron chi connectivity index (χ1n) is 4.70. The Kier molecular flexibility index (Phi) is 5.32. The van der Waals surface area contributed by atoms with Crippen LogP contribution in [0.15, 0.2) is 24.3 Å². The summed E-state index contributed by atoms with van der Waals surface area (Å²) in [6, 6.07) is 7.34. The molecular weight excluding hydrogens is 324 g/mol. The molecule has 0 spiro atoms. The minimum absolute atomic E-state index is 0.0592. The van der Waals surface area contributed by atoms with Crippen LogP contribution in [0.4, 0.5) is 0 Å². The number of benzene rings is 1. The fraction of sp³-hybridized carbons (Fsp3) is 0.364. The van der Waals surface area contributed by atoms with Gasteiger partial charge in [-0.25, -0.2) is 4.79 Å². The second kappa shape index (κ2) is 6.28. The van der Waals surface area contributed by atoms with Crippen LogP contribution in [0, 0.1) is 0 Å². The van der Waals surface area contributed by atoms with E-state index in [1.807, 2.05) is 25.1 Å². The van der Waals surface area contributed by atoms with Gasteiger partial charge in [0.1, 0.15) is 0 Å². The molecule has 0 radical (unpaired) electrons. The molecule has 1 aromatic carbocycles. The molecule has 4 heteroatoms. The van der Waals surface area contributed by atoms with Crippen LogP contribution in [-0.4, -0.2) is 12.6 Å². The van der Waals surface area contributed by atoms with Crippen molar-refractivity contribution in [1.29, 1.82) is 0 Å². The van der Waals surface area contributed by atoms with E-state index in [0.29, 0.717) is 12.2 Å². The molecule has 1 aromatic rings. The van der Waals surface area contributed by atoms with Crippen molar-refractivity contribution < 1.29 is 9.53 Å². The molecule has 0 bridgehead atoms. The lowest BCUT2D eigenvalue weighted by Crippen LogP contribution is -2.06. The van der Waals surface area contributed by atoms with Gasteiger partial charge in [0, 0.05) is 0 Å². The van der Waals surface area contributed by atoms with E-state index in [-0.39, 0.29) is 9.71 Å². The third kappa shape index (κ3) is 3.95. The first kappa shape index (κ1) is 12.7. The van der Waals surface area contributed by atoms with E-state index in [9.17, 15) is 4.79 Å². The quantitative estimate of drug-likeness (QED) is 0.613. The first-order chi connectivity index (χ1) is 7.15. The maximum Gasteiger partial charge on any atom is 0.338 e. The molecule has 0 aliphatic carbocycles. The zero-order chi connectivity index (χ0) is 11.3. The Labute approximate surface area is 106 Å². The molecule has 0 aliphatic heterocycles. The molecule has 1 rings (SSSR count). The second-order valence-electron chi connectivity index (χ2n) is 3.06. The van der Waals surface area contributed by atoms with Crippen molar-refractivity contribution in [2.75, 3.05) is 6.61 Å². The third-order valence-corrected chi connectivity index (χ3v) is 2.87. The summed E-state index contributed by atoms with van der Waals surface area (Å²) >= 11 is 6.77. The number of esters is 1. The van der Waals surface area contributed by atoms with Crippen LogP contribution >= 0.6 is 31.9 Å². The Morgan fingerprint density at radius 1 is 1.47 bits per heavy atom. The summed E-state index contributed by atoms with van der Waals surface area (Å²) in [5, 5.41) is 0. The van der Waals surface area contributed by atoms with E-state index < -0.39 is 0 Å². The lowest BCUT2D eigenvalue weighted by atomic mass is 10.1. The molecule has 0 N–H and O–H groups in total. The molecule has 0 fully saturated rings. The molecule has 2 nitrogen and oxygen atoms in total. The number of ether oxygens (including phenoxy) is 1. The summed E-state index contributed by atoms with van der Waals surface area (Å²) < 4.78 is 5.10. The molecule has 0 amide bonds. The van der Waals surface area contributed by atoms with Crippen molar-refractivity contribution in [1.82, 2.24) is 0 Å². The van der Waals surface area contributed by atoms with Crippen molar-refractivity contribution in [3.8, 4) is 0 Å². The Morgan fingerprint density at radius 2 is 2.20 bits per heavy atom. The fourth-order valence-corrected chi connectivity index (χ4v) is 1.65. The minimum atomic E-state index is -0.264. The van der Waals surface area contributed by atoms with Crippen LogP contribution in [0.25, 0.3) is 0 Å². The predicted octanol–water partition coefficient (Wildman–Crippen LogP) is 4.04. The van der Waals surface area contributed by atoms with Gasteiger partial charge < -0.3 is 4.74 Å². The summed E-state index contributed by atoms with van der Waals surface area (Å²) in [5.41, 5.74) is 1.59. The van der Waals surface area contributed by atoms with Crippen LogP contribution in [0.3, 0.4) is 0 Å². The fourth-order valence-electron chi connectivity index (χ4n) is 1.08. The van der Waals surface area contributed by atoms with Gasteiger partial charge in [0.15, 0.2) is 0 Å². The summed E-state index contributed by atoms with van der Waals surface area (Å²) in [7, 11) is 0. The van der Waals surface area contributed by atoms with Crippen LogP contribution in [0.1, 0.15) is 33.0 Å². The van der Waals surface area contributed by atoms with Crippen LogP contribution in [0.5, 0.6) is 0 Å². The van der Waals surface area contributed by atoms with Gasteiger partial charge in [0.25, 0.3) is 0 Å². The molecular formula is C11H12Br2O2. The van der Waals surface area contributed by atoms with Gasteiger partial charge in [-0.05, 0) is 24.1 Å². The van der Waals surface area contributed by atoms with Gasteiger partial charge in [-0.3, -0.25) is 0 Å². The summed E-state index contributed by atoms with van der Waals surface area (Å²) in [4.78, 5) is 11.5. The standard InChI is InChI=1S/C11H12Br2O2/c1-2-6-15-11(14)9-5-3-4-8(7-9)10(12)13/h3-5,7,10H,2,6H2,1H3. The van der Waals surface area contributed by atoms with Gasteiger partial charge in [-0.15, -0.1) is 0 Å². The summed E-state index contributed by atoms with van der Waals surface area (Å²) in [5.74, 6) is -0.264. The van der Waals surface area contributed by atoms with Crippen LogP contribution in [0.2, 0.25) is 0 Å². The molecule has 0 saturated carbocycles. The van der Waals surface area contributed by atoms with Gasteiger partial charge in [0.05, 0.1) is 15.9 Å². The molecule has 0 aromatic heterocycles. The normalized spacial score (nSPS) is 10.4. The highest BCUT2D eigenvalue weighted by atomic mass is 79.9. The number of hydrogen-bond acceptors (Lipinski definition) is 2. The average Bonchev–Trinajstić information content (AvgIpc) is 2.26. The lowest BCUT2D eigenvalue weighted by Gasteiger charge is -2.06. The monoisotopic (exact) mass is 334 g/mol. The molecule has 0 unspecified atom stereocenters. The van der Waals surface area contributed by atoms with E-state index >= 15 is 0 Å². The van der Waals surface area contributed by atoms with Crippen LogP contribution in [-0.2, 0) is 4.74 Å². The minimum Gasteiger partial charge on any atom is -0.462 e.